The van der Waals surface area contributed by atoms with Crippen LogP contribution in [0.15, 0.2) is 71.6 Å². The van der Waals surface area contributed by atoms with E-state index in [0.717, 1.165) is 4.31 Å². The lowest BCUT2D eigenvalue weighted by Gasteiger charge is -2.33. The Morgan fingerprint density at radius 3 is 2.09 bits per heavy atom. The molecule has 3 aromatic rings. The van der Waals surface area contributed by atoms with Crippen molar-refractivity contribution in [2.75, 3.05) is 31.7 Å². The van der Waals surface area contributed by atoms with Crippen molar-refractivity contribution >= 4 is 27.5 Å². The summed E-state index contributed by atoms with van der Waals surface area (Å²) in [6, 6.07) is 14.9. The number of hydrogen-bond acceptors (Lipinski definition) is 7. The third kappa shape index (κ3) is 8.40. The van der Waals surface area contributed by atoms with Crippen LogP contribution in [0.4, 0.5) is 10.1 Å². The second-order valence-electron chi connectivity index (χ2n) is 10.2. The lowest BCUT2D eigenvalue weighted by atomic mass is 10.1. The molecular formula is C32H40FN3O7S. The molecule has 1 N–H and O–H groups in total. The molecule has 0 bridgehead atoms. The fraction of sp³-hybridized carbons (Fsp3) is 0.375. The van der Waals surface area contributed by atoms with E-state index in [9.17, 15) is 22.4 Å². The van der Waals surface area contributed by atoms with E-state index in [4.69, 9.17) is 14.2 Å². The fourth-order valence-electron chi connectivity index (χ4n) is 4.59. The maximum absolute atomic E-state index is 14.2. The van der Waals surface area contributed by atoms with Gasteiger partial charge in [-0.2, -0.15) is 0 Å². The number of hydrogen-bond donors (Lipinski definition) is 1. The maximum atomic E-state index is 14.2. The maximum Gasteiger partial charge on any atom is 0.264 e. The summed E-state index contributed by atoms with van der Waals surface area (Å²) in [4.78, 5) is 28.6. The van der Waals surface area contributed by atoms with Gasteiger partial charge in [0.1, 0.15) is 24.2 Å². The molecule has 12 heteroatoms. The first kappa shape index (κ1) is 34.2. The Morgan fingerprint density at radius 2 is 1.55 bits per heavy atom. The van der Waals surface area contributed by atoms with Gasteiger partial charge in [-0.05, 0) is 81.3 Å². The third-order valence-electron chi connectivity index (χ3n) is 6.74. The van der Waals surface area contributed by atoms with Gasteiger partial charge in [-0.25, -0.2) is 12.8 Å². The monoisotopic (exact) mass is 629 g/mol. The van der Waals surface area contributed by atoms with Crippen molar-refractivity contribution in [3.63, 3.8) is 0 Å². The Balaban J connectivity index is 2.11. The Labute approximate surface area is 258 Å². The zero-order chi connectivity index (χ0) is 32.4. The van der Waals surface area contributed by atoms with E-state index in [1.54, 1.807) is 45.0 Å². The molecule has 3 rings (SSSR count). The molecule has 2 amide bonds. The van der Waals surface area contributed by atoms with Crippen molar-refractivity contribution in [1.82, 2.24) is 10.2 Å². The van der Waals surface area contributed by atoms with Crippen LogP contribution in [0, 0.1) is 5.82 Å². The lowest BCUT2D eigenvalue weighted by Crippen LogP contribution is -2.53. The summed E-state index contributed by atoms with van der Waals surface area (Å²) in [7, 11) is -1.53. The van der Waals surface area contributed by atoms with Crippen LogP contribution in [-0.2, 0) is 26.2 Å². The molecule has 0 fully saturated rings. The number of benzene rings is 3. The Morgan fingerprint density at radius 1 is 0.909 bits per heavy atom. The number of amides is 2. The number of nitrogens with one attached hydrogen (secondary N) is 1. The van der Waals surface area contributed by atoms with Crippen molar-refractivity contribution < 1.29 is 36.6 Å². The quantitative estimate of drug-likeness (QED) is 0.258. The molecule has 238 valence electrons. The highest BCUT2D eigenvalue weighted by Crippen LogP contribution is 2.33. The van der Waals surface area contributed by atoms with E-state index in [1.165, 1.54) is 61.6 Å². The smallest absolute Gasteiger partial charge is 0.264 e. The van der Waals surface area contributed by atoms with E-state index in [-0.39, 0.29) is 41.2 Å². The summed E-state index contributed by atoms with van der Waals surface area (Å²) < 4.78 is 59.1. The van der Waals surface area contributed by atoms with Crippen LogP contribution in [0.25, 0.3) is 0 Å². The Hall–Kier alpha value is -4.32. The highest BCUT2D eigenvalue weighted by Gasteiger charge is 2.34. The molecule has 1 atom stereocenters. The van der Waals surface area contributed by atoms with Crippen molar-refractivity contribution in [3.8, 4) is 17.2 Å². The van der Waals surface area contributed by atoms with Gasteiger partial charge in [-0.1, -0.05) is 19.1 Å². The highest BCUT2D eigenvalue weighted by molar-refractivity contribution is 7.92. The van der Waals surface area contributed by atoms with E-state index in [2.05, 4.69) is 5.32 Å². The Bertz CT molecular complexity index is 1510. The van der Waals surface area contributed by atoms with Gasteiger partial charge in [0.15, 0.2) is 11.5 Å². The van der Waals surface area contributed by atoms with Crippen LogP contribution in [0.2, 0.25) is 0 Å². The largest absolute Gasteiger partial charge is 0.494 e. The highest BCUT2D eigenvalue weighted by atomic mass is 32.2. The van der Waals surface area contributed by atoms with Crippen LogP contribution in [-0.4, -0.2) is 64.6 Å². The van der Waals surface area contributed by atoms with Gasteiger partial charge < -0.3 is 24.4 Å². The van der Waals surface area contributed by atoms with E-state index in [0.29, 0.717) is 23.7 Å². The molecular weight excluding hydrogens is 589 g/mol. The minimum atomic E-state index is -4.36. The van der Waals surface area contributed by atoms with Crippen LogP contribution in [0.5, 0.6) is 17.2 Å². The number of rotatable bonds is 15. The van der Waals surface area contributed by atoms with Gasteiger partial charge >= 0.3 is 0 Å². The number of sulfonamides is 1. The van der Waals surface area contributed by atoms with E-state index >= 15 is 0 Å². The molecule has 0 aliphatic heterocycles. The molecule has 0 aromatic heterocycles. The zero-order valence-corrected chi connectivity index (χ0v) is 26.7. The van der Waals surface area contributed by atoms with E-state index < -0.39 is 34.3 Å². The SMILES string of the molecule is CCOc1ccc(N(CC(=O)N(Cc2ccc(F)cc2)C(CC)C(=O)NC(C)C)S(=O)(=O)c2ccc(OC)c(OC)c2)cc1. The van der Waals surface area contributed by atoms with Crippen molar-refractivity contribution in [2.24, 2.45) is 0 Å². The first-order valence-electron chi connectivity index (χ1n) is 14.3. The molecule has 0 radical (unpaired) electrons. The normalized spacial score (nSPS) is 11.9. The number of methoxy groups -OCH3 is 2. The summed E-state index contributed by atoms with van der Waals surface area (Å²) >= 11 is 0. The average Bonchev–Trinajstić information content (AvgIpc) is 3.00. The number of halogens is 1. The summed E-state index contributed by atoms with van der Waals surface area (Å²) in [5, 5.41) is 2.84. The summed E-state index contributed by atoms with van der Waals surface area (Å²) in [5.74, 6) is -0.394. The molecule has 0 aliphatic rings. The van der Waals surface area contributed by atoms with Gasteiger partial charge in [0.05, 0.1) is 31.4 Å². The Kier molecular flexibility index (Phi) is 12.0. The molecule has 1 unspecified atom stereocenters. The van der Waals surface area contributed by atoms with Crippen LogP contribution < -0.4 is 23.8 Å². The number of anilines is 1. The summed E-state index contributed by atoms with van der Waals surface area (Å²) in [5.41, 5.74) is 0.781. The molecule has 0 saturated carbocycles. The van der Waals surface area contributed by atoms with Gasteiger partial charge in [-0.15, -0.1) is 0 Å². The number of ether oxygens (including phenoxy) is 3. The number of carbonyl (C=O) groups excluding carboxylic acids is 2. The second-order valence-corrected chi connectivity index (χ2v) is 12.1. The third-order valence-corrected chi connectivity index (χ3v) is 8.51. The molecule has 0 saturated heterocycles. The lowest BCUT2D eigenvalue weighted by molar-refractivity contribution is -0.140. The first-order valence-corrected chi connectivity index (χ1v) is 15.7. The summed E-state index contributed by atoms with van der Waals surface area (Å²) in [6.45, 7) is 6.95. The van der Waals surface area contributed by atoms with Crippen molar-refractivity contribution in [2.45, 2.75) is 57.6 Å². The first-order chi connectivity index (χ1) is 20.9. The molecule has 10 nitrogen and oxygen atoms in total. The topological polar surface area (TPSA) is 114 Å². The molecule has 0 aliphatic carbocycles. The second kappa shape index (κ2) is 15.4. The average molecular weight is 630 g/mol. The van der Waals surface area contributed by atoms with Crippen molar-refractivity contribution in [1.29, 1.82) is 0 Å². The van der Waals surface area contributed by atoms with Crippen LogP contribution >= 0.6 is 0 Å². The fourth-order valence-corrected chi connectivity index (χ4v) is 6.03. The van der Waals surface area contributed by atoms with Gasteiger partial charge in [0.2, 0.25) is 11.8 Å². The van der Waals surface area contributed by atoms with Gasteiger partial charge in [0, 0.05) is 18.7 Å². The minimum Gasteiger partial charge on any atom is -0.494 e. The van der Waals surface area contributed by atoms with Crippen molar-refractivity contribution in [3.05, 3.63) is 78.1 Å². The predicted molar refractivity (Wildman–Crippen MR) is 166 cm³/mol. The van der Waals surface area contributed by atoms with E-state index in [1.807, 2.05) is 6.92 Å². The molecule has 0 spiro atoms. The van der Waals surface area contributed by atoms with Crippen LogP contribution in [0.1, 0.15) is 39.7 Å². The number of nitrogens with zero attached hydrogens (tertiary/aromatic N) is 2. The zero-order valence-electron chi connectivity index (χ0n) is 25.9. The van der Waals surface area contributed by atoms with Gasteiger partial charge in [0.25, 0.3) is 10.0 Å². The van der Waals surface area contributed by atoms with Crippen LogP contribution in [0.3, 0.4) is 0 Å². The minimum absolute atomic E-state index is 0.0450. The molecule has 3 aromatic carbocycles. The standard InChI is InChI=1S/C32H40FN3O7S/c1-7-28(32(38)34-22(3)4)35(20-23-9-11-24(33)12-10-23)31(37)21-36(25-13-15-26(16-14-25)43-8-2)44(39,40)27-17-18-29(41-5)30(19-27)42-6/h9-19,22,28H,7-8,20-21H2,1-6H3,(H,34,38). The van der Waals surface area contributed by atoms with Gasteiger partial charge in [-0.3, -0.25) is 13.9 Å². The predicted octanol–water partition coefficient (Wildman–Crippen LogP) is 4.77. The molecule has 44 heavy (non-hydrogen) atoms. The molecule has 0 heterocycles. The summed E-state index contributed by atoms with van der Waals surface area (Å²) in [6.07, 6.45) is 0.261. The number of carbonyl (C=O) groups is 2.